The zero-order valence-electron chi connectivity index (χ0n) is 11.8. The number of nitrogens with one attached hydrogen (secondary N) is 1. The summed E-state index contributed by atoms with van der Waals surface area (Å²) in [5.74, 6) is -1.87. The minimum absolute atomic E-state index is 0.224. The number of halogens is 3. The van der Waals surface area contributed by atoms with Crippen molar-refractivity contribution in [2.75, 3.05) is 6.61 Å². The van der Waals surface area contributed by atoms with Gasteiger partial charge >= 0.3 is 0 Å². The van der Waals surface area contributed by atoms with Crippen molar-refractivity contribution >= 4 is 17.5 Å². The highest BCUT2D eigenvalue weighted by molar-refractivity contribution is 6.32. The van der Waals surface area contributed by atoms with Crippen molar-refractivity contribution in [3.63, 3.8) is 0 Å². The van der Waals surface area contributed by atoms with Gasteiger partial charge in [-0.15, -0.1) is 0 Å². The van der Waals surface area contributed by atoms with E-state index < -0.39 is 23.6 Å². The molecule has 116 valence electrons. The molecular weight excluding hydrogens is 312 g/mol. The van der Waals surface area contributed by atoms with Gasteiger partial charge in [0.05, 0.1) is 11.1 Å². The zero-order chi connectivity index (χ0) is 16.1. The van der Waals surface area contributed by atoms with E-state index >= 15 is 0 Å². The Morgan fingerprint density at radius 2 is 1.95 bits per heavy atom. The lowest BCUT2D eigenvalue weighted by atomic mass is 10.1. The van der Waals surface area contributed by atoms with Gasteiger partial charge in [-0.25, -0.2) is 8.78 Å². The molecule has 1 amide bonds. The molecule has 0 aliphatic carbocycles. The first kappa shape index (κ1) is 16.2. The van der Waals surface area contributed by atoms with Crippen molar-refractivity contribution in [3.05, 3.63) is 64.7 Å². The number of benzene rings is 2. The third-order valence-electron chi connectivity index (χ3n) is 3.02. The first-order valence-electron chi connectivity index (χ1n) is 6.59. The third kappa shape index (κ3) is 4.18. The molecule has 0 radical (unpaired) electrons. The van der Waals surface area contributed by atoms with E-state index in [2.05, 4.69) is 5.32 Å². The highest BCUT2D eigenvalue weighted by atomic mass is 35.5. The Balaban J connectivity index is 1.91. The molecule has 0 aliphatic rings. The number of hydrogen-bond donors (Lipinski definition) is 1. The van der Waals surface area contributed by atoms with Crippen LogP contribution in [0.15, 0.2) is 42.5 Å². The Morgan fingerprint density at radius 3 is 2.64 bits per heavy atom. The fourth-order valence-electron chi connectivity index (χ4n) is 1.85. The van der Waals surface area contributed by atoms with Crippen molar-refractivity contribution in [2.24, 2.45) is 0 Å². The Kier molecular flexibility index (Phi) is 5.33. The minimum atomic E-state index is -0.953. The monoisotopic (exact) mass is 325 g/mol. The van der Waals surface area contributed by atoms with E-state index in [1.165, 1.54) is 6.07 Å². The standard InChI is InChI=1S/C16H14ClF2NO2/c1-10(11-6-7-13(18)14(19)8-11)20-16(21)9-22-15-5-3-2-4-12(15)17/h2-8,10H,9H2,1H3,(H,20,21). The first-order valence-corrected chi connectivity index (χ1v) is 6.97. The molecule has 3 nitrogen and oxygen atoms in total. The largest absolute Gasteiger partial charge is 0.482 e. The lowest BCUT2D eigenvalue weighted by molar-refractivity contribution is -0.123. The van der Waals surface area contributed by atoms with Crippen LogP contribution in [-0.2, 0) is 4.79 Å². The summed E-state index contributed by atoms with van der Waals surface area (Å²) < 4.78 is 31.3. The number of carbonyl (C=O) groups is 1. The van der Waals surface area contributed by atoms with Crippen molar-refractivity contribution in [1.82, 2.24) is 5.32 Å². The first-order chi connectivity index (χ1) is 10.5. The smallest absolute Gasteiger partial charge is 0.258 e. The van der Waals surface area contributed by atoms with Gasteiger partial charge in [0.2, 0.25) is 0 Å². The number of amides is 1. The SMILES string of the molecule is CC(NC(=O)COc1ccccc1Cl)c1ccc(F)c(F)c1. The Morgan fingerprint density at radius 1 is 1.23 bits per heavy atom. The second-order valence-electron chi connectivity index (χ2n) is 4.68. The molecule has 0 saturated heterocycles. The van der Waals surface area contributed by atoms with Crippen LogP contribution in [-0.4, -0.2) is 12.5 Å². The van der Waals surface area contributed by atoms with E-state index in [-0.39, 0.29) is 6.61 Å². The molecule has 22 heavy (non-hydrogen) atoms. The summed E-state index contributed by atoms with van der Waals surface area (Å²) in [5.41, 5.74) is 0.463. The molecule has 2 rings (SSSR count). The van der Waals surface area contributed by atoms with Crippen LogP contribution < -0.4 is 10.1 Å². The van der Waals surface area contributed by atoms with Crippen LogP contribution >= 0.6 is 11.6 Å². The van der Waals surface area contributed by atoms with Gasteiger partial charge in [-0.2, -0.15) is 0 Å². The van der Waals surface area contributed by atoms with Crippen molar-refractivity contribution in [2.45, 2.75) is 13.0 Å². The third-order valence-corrected chi connectivity index (χ3v) is 3.33. The van der Waals surface area contributed by atoms with Crippen LogP contribution in [0.5, 0.6) is 5.75 Å². The second-order valence-corrected chi connectivity index (χ2v) is 5.09. The maximum atomic E-state index is 13.2. The van der Waals surface area contributed by atoms with E-state index in [0.717, 1.165) is 12.1 Å². The predicted molar refractivity (Wildman–Crippen MR) is 79.9 cm³/mol. The lowest BCUT2D eigenvalue weighted by Gasteiger charge is -2.15. The Hall–Kier alpha value is -2.14. The summed E-state index contributed by atoms with van der Waals surface area (Å²) in [7, 11) is 0. The van der Waals surface area contributed by atoms with Crippen LogP contribution in [0.1, 0.15) is 18.5 Å². The number of para-hydroxylation sites is 1. The van der Waals surface area contributed by atoms with Crippen LogP contribution in [0.25, 0.3) is 0 Å². The van der Waals surface area contributed by atoms with E-state index in [1.54, 1.807) is 31.2 Å². The normalized spacial score (nSPS) is 11.8. The van der Waals surface area contributed by atoms with E-state index in [0.29, 0.717) is 16.3 Å². The average molecular weight is 326 g/mol. The molecule has 0 fully saturated rings. The topological polar surface area (TPSA) is 38.3 Å². The molecule has 2 aromatic carbocycles. The minimum Gasteiger partial charge on any atom is -0.482 e. The molecule has 1 N–H and O–H groups in total. The number of hydrogen-bond acceptors (Lipinski definition) is 2. The van der Waals surface area contributed by atoms with Crippen molar-refractivity contribution in [1.29, 1.82) is 0 Å². The van der Waals surface area contributed by atoms with Gasteiger partial charge in [0.25, 0.3) is 5.91 Å². The summed E-state index contributed by atoms with van der Waals surface area (Å²) in [5, 5.41) is 3.04. The fourth-order valence-corrected chi connectivity index (χ4v) is 2.04. The molecule has 1 atom stereocenters. The van der Waals surface area contributed by atoms with Gasteiger partial charge in [0, 0.05) is 0 Å². The number of carbonyl (C=O) groups excluding carboxylic acids is 1. The molecule has 0 aliphatic heterocycles. The summed E-state index contributed by atoms with van der Waals surface area (Å²) in [6.07, 6.45) is 0. The molecular formula is C16H14ClF2NO2. The summed E-state index contributed by atoms with van der Waals surface area (Å²) in [6.45, 7) is 1.44. The number of rotatable bonds is 5. The van der Waals surface area contributed by atoms with Crippen LogP contribution in [0.4, 0.5) is 8.78 Å². The Bertz CT molecular complexity index is 679. The zero-order valence-corrected chi connectivity index (χ0v) is 12.5. The highest BCUT2D eigenvalue weighted by Gasteiger charge is 2.13. The fraction of sp³-hybridized carbons (Fsp3) is 0.188. The molecule has 0 spiro atoms. The quantitative estimate of drug-likeness (QED) is 0.906. The van der Waals surface area contributed by atoms with Gasteiger partial charge < -0.3 is 10.1 Å². The van der Waals surface area contributed by atoms with Crippen molar-refractivity contribution in [3.8, 4) is 5.75 Å². The summed E-state index contributed by atoms with van der Waals surface area (Å²) in [6, 6.07) is 9.80. The van der Waals surface area contributed by atoms with Crippen LogP contribution in [0.2, 0.25) is 5.02 Å². The van der Waals surface area contributed by atoms with Gasteiger partial charge in [-0.3, -0.25) is 4.79 Å². The number of ether oxygens (including phenoxy) is 1. The highest BCUT2D eigenvalue weighted by Crippen LogP contribution is 2.23. The molecule has 0 saturated carbocycles. The lowest BCUT2D eigenvalue weighted by Crippen LogP contribution is -2.31. The van der Waals surface area contributed by atoms with Gasteiger partial charge in [-0.05, 0) is 36.8 Å². The molecule has 2 aromatic rings. The summed E-state index contributed by atoms with van der Waals surface area (Å²) >= 11 is 5.91. The average Bonchev–Trinajstić information content (AvgIpc) is 2.49. The summed E-state index contributed by atoms with van der Waals surface area (Å²) in [4.78, 5) is 11.8. The van der Waals surface area contributed by atoms with E-state index in [1.807, 2.05) is 0 Å². The van der Waals surface area contributed by atoms with Crippen LogP contribution in [0.3, 0.4) is 0 Å². The van der Waals surface area contributed by atoms with Crippen LogP contribution in [0, 0.1) is 11.6 Å². The second kappa shape index (κ2) is 7.22. The molecule has 0 heterocycles. The van der Waals surface area contributed by atoms with Gasteiger partial charge in [0.1, 0.15) is 5.75 Å². The van der Waals surface area contributed by atoms with E-state index in [4.69, 9.17) is 16.3 Å². The maximum Gasteiger partial charge on any atom is 0.258 e. The van der Waals surface area contributed by atoms with Gasteiger partial charge in [-0.1, -0.05) is 29.8 Å². The maximum absolute atomic E-state index is 13.2. The molecule has 0 bridgehead atoms. The molecule has 0 aromatic heterocycles. The van der Waals surface area contributed by atoms with E-state index in [9.17, 15) is 13.6 Å². The van der Waals surface area contributed by atoms with Crippen molar-refractivity contribution < 1.29 is 18.3 Å². The molecule has 1 unspecified atom stereocenters. The molecule has 6 heteroatoms. The predicted octanol–water partition coefficient (Wildman–Crippen LogP) is 3.87. The van der Waals surface area contributed by atoms with Gasteiger partial charge in [0.15, 0.2) is 18.2 Å². The Labute approximate surface area is 131 Å².